The average molecular weight is 418 g/mol. The number of rotatable bonds is 1. The largest absolute Gasteiger partial charge is 0.309 e. The zero-order chi connectivity index (χ0) is 22.4. The van der Waals surface area contributed by atoms with E-state index in [1.54, 1.807) is 6.08 Å². The summed E-state index contributed by atoms with van der Waals surface area (Å²) < 4.78 is 2.39. The predicted molar refractivity (Wildman–Crippen MR) is 130 cm³/mol. The van der Waals surface area contributed by atoms with Crippen LogP contribution in [0.25, 0.3) is 33.1 Å². The van der Waals surface area contributed by atoms with Gasteiger partial charge < -0.3 is 4.57 Å². The molecule has 0 saturated carbocycles. The molecule has 156 valence electrons. The van der Waals surface area contributed by atoms with Gasteiger partial charge in [0.15, 0.2) is 0 Å². The molecule has 3 aromatic carbocycles. The molecule has 0 unspecified atom stereocenters. The number of ketones is 2. The average Bonchev–Trinajstić information content (AvgIpc) is 3.07. The smallest absolute Gasteiger partial charge is 0.226 e. The molecule has 32 heavy (non-hydrogen) atoms. The predicted octanol–water partition coefficient (Wildman–Crippen LogP) is 6.13. The summed E-state index contributed by atoms with van der Waals surface area (Å²) in [5.41, 5.74) is 10.2. The number of aromatic nitrogens is 1. The minimum atomic E-state index is -0.465. The number of hydrogen-bond acceptors (Lipinski definition) is 2. The Morgan fingerprint density at radius 2 is 1.53 bits per heavy atom. The fraction of sp³-hybridized carbons (Fsp3) is 0.172. The number of fused-ring (bicyclic) bond motifs is 5. The molecule has 0 bridgehead atoms. The SMILES string of the molecule is Cc1ccc2c(c1)c1cc(C)cc3c1n2-c1ccc(C2=CC(=O)C(=O)C=C2)cc1C3(C)C. The van der Waals surface area contributed by atoms with Gasteiger partial charge >= 0.3 is 0 Å². The van der Waals surface area contributed by atoms with Gasteiger partial charge in [-0.2, -0.15) is 0 Å². The lowest BCUT2D eigenvalue weighted by molar-refractivity contribution is -0.131. The van der Waals surface area contributed by atoms with Gasteiger partial charge in [0.05, 0.1) is 16.7 Å². The van der Waals surface area contributed by atoms with E-state index < -0.39 is 11.6 Å². The second kappa shape index (κ2) is 6.17. The van der Waals surface area contributed by atoms with Crippen molar-refractivity contribution in [1.82, 2.24) is 4.57 Å². The van der Waals surface area contributed by atoms with Gasteiger partial charge in [0.25, 0.3) is 0 Å². The molecule has 1 aromatic heterocycles. The van der Waals surface area contributed by atoms with Gasteiger partial charge in [0.1, 0.15) is 0 Å². The molecule has 2 aliphatic rings. The van der Waals surface area contributed by atoms with E-state index in [0.29, 0.717) is 0 Å². The van der Waals surface area contributed by atoms with Crippen molar-refractivity contribution in [2.75, 3.05) is 0 Å². The van der Waals surface area contributed by atoms with Crippen molar-refractivity contribution in [3.63, 3.8) is 0 Å². The zero-order valence-electron chi connectivity index (χ0n) is 18.6. The first-order valence-electron chi connectivity index (χ1n) is 10.9. The third kappa shape index (κ3) is 2.42. The molecule has 0 radical (unpaired) electrons. The highest BCUT2D eigenvalue weighted by atomic mass is 16.2. The van der Waals surface area contributed by atoms with Gasteiger partial charge in [-0.15, -0.1) is 0 Å². The summed E-state index contributed by atoms with van der Waals surface area (Å²) in [6, 6.07) is 17.7. The lowest BCUT2D eigenvalue weighted by atomic mass is 9.73. The molecule has 0 atom stereocenters. The molecule has 4 aromatic rings. The summed E-state index contributed by atoms with van der Waals surface area (Å²) in [6.07, 6.45) is 4.56. The standard InChI is InChI=1S/C29H23NO2/c1-16-5-8-24-20(11-16)21-12-17(2)13-23-28(21)30(24)25-9-6-18(14-22(25)29(23,3)4)19-7-10-26(31)27(32)15-19/h5-15H,1-4H3. The van der Waals surface area contributed by atoms with Crippen LogP contribution in [-0.2, 0) is 15.0 Å². The minimum Gasteiger partial charge on any atom is -0.309 e. The Morgan fingerprint density at radius 3 is 2.31 bits per heavy atom. The van der Waals surface area contributed by atoms with E-state index in [1.165, 1.54) is 61.9 Å². The molecule has 1 aliphatic carbocycles. The van der Waals surface area contributed by atoms with Crippen molar-refractivity contribution in [3.05, 3.63) is 94.6 Å². The molecule has 0 fully saturated rings. The summed E-state index contributed by atoms with van der Waals surface area (Å²) >= 11 is 0. The number of hydrogen-bond donors (Lipinski definition) is 0. The number of aryl methyl sites for hydroxylation is 2. The summed E-state index contributed by atoms with van der Waals surface area (Å²) in [5, 5.41) is 2.57. The van der Waals surface area contributed by atoms with Crippen LogP contribution in [0.4, 0.5) is 0 Å². The Labute approximate surface area is 186 Å². The minimum absolute atomic E-state index is 0.214. The van der Waals surface area contributed by atoms with Crippen LogP contribution in [0.15, 0.2) is 66.8 Å². The molecule has 3 nitrogen and oxygen atoms in total. The summed E-state index contributed by atoms with van der Waals surface area (Å²) in [5.74, 6) is -0.929. The molecule has 0 N–H and O–H groups in total. The lowest BCUT2D eigenvalue weighted by Crippen LogP contribution is -2.26. The fourth-order valence-electron chi connectivity index (χ4n) is 5.38. The van der Waals surface area contributed by atoms with Gasteiger partial charge in [0, 0.05) is 16.2 Å². The Balaban J connectivity index is 1.70. The normalized spacial score (nSPS) is 16.6. The molecule has 2 heterocycles. The molecular formula is C29H23NO2. The maximum absolute atomic E-state index is 12.0. The van der Waals surface area contributed by atoms with E-state index in [2.05, 4.69) is 80.8 Å². The van der Waals surface area contributed by atoms with Crippen molar-refractivity contribution in [2.24, 2.45) is 0 Å². The van der Waals surface area contributed by atoms with Crippen molar-refractivity contribution >= 4 is 38.9 Å². The van der Waals surface area contributed by atoms with Crippen LogP contribution >= 0.6 is 0 Å². The highest BCUT2D eigenvalue weighted by molar-refractivity contribution is 6.48. The second-order valence-corrected chi connectivity index (χ2v) is 9.58. The molecule has 3 heteroatoms. The number of nitrogens with zero attached hydrogens (tertiary/aromatic N) is 1. The maximum atomic E-state index is 12.0. The first-order chi connectivity index (χ1) is 15.3. The molecular weight excluding hydrogens is 394 g/mol. The van der Waals surface area contributed by atoms with Crippen LogP contribution in [0, 0.1) is 13.8 Å². The van der Waals surface area contributed by atoms with Gasteiger partial charge in [-0.05, 0) is 78.6 Å². The van der Waals surface area contributed by atoms with Crippen LogP contribution in [0.3, 0.4) is 0 Å². The van der Waals surface area contributed by atoms with Gasteiger partial charge in [0.2, 0.25) is 11.6 Å². The van der Waals surface area contributed by atoms with Crippen LogP contribution in [-0.4, -0.2) is 16.1 Å². The van der Waals surface area contributed by atoms with Crippen LogP contribution in [0.1, 0.15) is 41.7 Å². The zero-order valence-corrected chi connectivity index (χ0v) is 18.6. The van der Waals surface area contributed by atoms with Crippen molar-refractivity contribution < 1.29 is 9.59 Å². The number of carbonyl (C=O) groups excluding carboxylic acids is 2. The number of carbonyl (C=O) groups is 2. The summed E-state index contributed by atoms with van der Waals surface area (Å²) in [7, 11) is 0. The van der Waals surface area contributed by atoms with Crippen molar-refractivity contribution in [2.45, 2.75) is 33.1 Å². The summed E-state index contributed by atoms with van der Waals surface area (Å²) in [6.45, 7) is 8.85. The number of benzene rings is 3. The first-order valence-corrected chi connectivity index (χ1v) is 10.9. The summed E-state index contributed by atoms with van der Waals surface area (Å²) in [4.78, 5) is 23.6. The van der Waals surface area contributed by atoms with E-state index >= 15 is 0 Å². The quantitative estimate of drug-likeness (QED) is 0.276. The van der Waals surface area contributed by atoms with E-state index in [4.69, 9.17) is 0 Å². The van der Waals surface area contributed by atoms with Crippen LogP contribution in [0.2, 0.25) is 0 Å². The van der Waals surface area contributed by atoms with E-state index in [1.807, 2.05) is 0 Å². The first kappa shape index (κ1) is 19.0. The maximum Gasteiger partial charge on any atom is 0.226 e. The van der Waals surface area contributed by atoms with Gasteiger partial charge in [-0.3, -0.25) is 9.59 Å². The third-order valence-corrected chi connectivity index (χ3v) is 7.02. The lowest BCUT2D eigenvalue weighted by Gasteiger charge is -2.35. The molecule has 6 rings (SSSR count). The van der Waals surface area contributed by atoms with Crippen molar-refractivity contribution in [3.8, 4) is 5.69 Å². The van der Waals surface area contributed by atoms with Crippen LogP contribution < -0.4 is 0 Å². The molecule has 1 aliphatic heterocycles. The van der Waals surface area contributed by atoms with Crippen LogP contribution in [0.5, 0.6) is 0 Å². The fourth-order valence-corrected chi connectivity index (χ4v) is 5.38. The highest BCUT2D eigenvalue weighted by Crippen LogP contribution is 2.48. The third-order valence-electron chi connectivity index (χ3n) is 7.02. The monoisotopic (exact) mass is 417 g/mol. The topological polar surface area (TPSA) is 39.1 Å². The molecule has 0 amide bonds. The highest BCUT2D eigenvalue weighted by Gasteiger charge is 2.35. The second-order valence-electron chi connectivity index (χ2n) is 9.58. The number of allylic oxidation sites excluding steroid dienone is 4. The Hall–Kier alpha value is -3.72. The Bertz CT molecular complexity index is 1590. The van der Waals surface area contributed by atoms with Gasteiger partial charge in [-0.25, -0.2) is 0 Å². The Kier molecular flexibility index (Phi) is 3.66. The Morgan fingerprint density at radius 1 is 0.750 bits per heavy atom. The molecule has 0 saturated heterocycles. The van der Waals surface area contributed by atoms with Crippen molar-refractivity contribution in [1.29, 1.82) is 0 Å². The van der Waals surface area contributed by atoms with E-state index in [-0.39, 0.29) is 5.41 Å². The van der Waals surface area contributed by atoms with Gasteiger partial charge in [-0.1, -0.05) is 49.2 Å². The molecule has 0 spiro atoms. The van der Waals surface area contributed by atoms with E-state index in [9.17, 15) is 9.59 Å². The van der Waals surface area contributed by atoms with E-state index in [0.717, 1.165) is 11.1 Å².